The lowest BCUT2D eigenvalue weighted by Gasteiger charge is -2.14. The zero-order valence-corrected chi connectivity index (χ0v) is 22.5. The molecule has 0 radical (unpaired) electrons. The van der Waals surface area contributed by atoms with E-state index in [1.54, 1.807) is 0 Å². The summed E-state index contributed by atoms with van der Waals surface area (Å²) in [6.07, 6.45) is 29.5. The summed E-state index contributed by atoms with van der Waals surface area (Å²) < 4.78 is 0. The number of hydrogen-bond donors (Lipinski definition) is 1. The van der Waals surface area contributed by atoms with Gasteiger partial charge in [-0.05, 0) is 12.8 Å². The van der Waals surface area contributed by atoms with E-state index in [-0.39, 0.29) is 18.1 Å². The molecule has 3 nitrogen and oxygen atoms in total. The van der Waals surface area contributed by atoms with Gasteiger partial charge in [-0.2, -0.15) is 0 Å². The van der Waals surface area contributed by atoms with E-state index in [1.807, 2.05) is 0 Å². The Morgan fingerprint density at radius 2 is 0.848 bits per heavy atom. The Morgan fingerprint density at radius 3 is 1.21 bits per heavy atom. The number of carboxylic acids is 1. The minimum atomic E-state index is -0.824. The number of rotatable bonds is 27. The second-order valence-electron chi connectivity index (χ2n) is 10.4. The van der Waals surface area contributed by atoms with Crippen LogP contribution in [0.5, 0.6) is 0 Å². The molecule has 0 aromatic heterocycles. The van der Waals surface area contributed by atoms with Crippen molar-refractivity contribution >= 4 is 11.8 Å². The van der Waals surface area contributed by atoms with Crippen molar-refractivity contribution < 1.29 is 14.7 Å². The van der Waals surface area contributed by atoms with Gasteiger partial charge in [0.05, 0.1) is 6.42 Å². The molecule has 3 heteroatoms. The Kier molecular flexibility index (Phi) is 25.1. The van der Waals surface area contributed by atoms with Crippen LogP contribution < -0.4 is 0 Å². The van der Waals surface area contributed by atoms with E-state index < -0.39 is 5.97 Å². The first-order valence-electron chi connectivity index (χ1n) is 14.9. The summed E-state index contributed by atoms with van der Waals surface area (Å²) in [5.41, 5.74) is 0. The molecule has 0 aliphatic carbocycles. The molecule has 0 amide bonds. The Morgan fingerprint density at radius 1 is 0.515 bits per heavy atom. The molecule has 33 heavy (non-hydrogen) atoms. The molecule has 0 aliphatic rings. The maximum absolute atomic E-state index is 12.6. The monoisotopic (exact) mass is 466 g/mol. The number of carboxylic acid groups (broad SMARTS) is 1. The van der Waals surface area contributed by atoms with E-state index in [9.17, 15) is 14.7 Å². The van der Waals surface area contributed by atoms with Gasteiger partial charge >= 0.3 is 5.97 Å². The molecule has 0 bridgehead atoms. The fourth-order valence-corrected chi connectivity index (χ4v) is 4.81. The topological polar surface area (TPSA) is 54.4 Å². The molecular formula is C30H58O3. The van der Waals surface area contributed by atoms with Crippen molar-refractivity contribution in [2.75, 3.05) is 0 Å². The molecule has 0 fully saturated rings. The average Bonchev–Trinajstić information content (AvgIpc) is 2.79. The quantitative estimate of drug-likeness (QED) is 0.122. The van der Waals surface area contributed by atoms with Gasteiger partial charge < -0.3 is 5.11 Å². The maximum Gasteiger partial charge on any atom is 0.304 e. The van der Waals surface area contributed by atoms with Gasteiger partial charge in [-0.15, -0.1) is 0 Å². The molecule has 196 valence electrons. The summed E-state index contributed by atoms with van der Waals surface area (Å²) in [7, 11) is 0. The summed E-state index contributed by atoms with van der Waals surface area (Å²) in [5.74, 6) is -0.890. The van der Waals surface area contributed by atoms with Gasteiger partial charge in [0.25, 0.3) is 0 Å². The van der Waals surface area contributed by atoms with Crippen molar-refractivity contribution in [3.63, 3.8) is 0 Å². The predicted molar refractivity (Wildman–Crippen MR) is 143 cm³/mol. The van der Waals surface area contributed by atoms with Crippen molar-refractivity contribution in [2.24, 2.45) is 5.92 Å². The van der Waals surface area contributed by atoms with Gasteiger partial charge in [0, 0.05) is 12.3 Å². The largest absolute Gasteiger partial charge is 0.481 e. The number of ketones is 1. The number of carbonyl (C=O) groups is 2. The molecule has 0 saturated carbocycles. The van der Waals surface area contributed by atoms with Crippen LogP contribution in [-0.4, -0.2) is 16.9 Å². The normalized spacial score (nSPS) is 12.2. The highest BCUT2D eigenvalue weighted by Crippen LogP contribution is 2.20. The average molecular weight is 467 g/mol. The smallest absolute Gasteiger partial charge is 0.304 e. The molecule has 1 atom stereocenters. The Labute approximate surface area is 206 Å². The second-order valence-corrected chi connectivity index (χ2v) is 10.4. The standard InChI is InChI=1S/C30H58O3/c1-3-5-7-9-11-13-14-15-16-18-20-22-24-26-29(31)28(27-30(32)33)25-23-21-19-17-12-10-8-6-4-2/h28H,3-27H2,1-2H3,(H,32,33)/t28-/m1/s1. The van der Waals surface area contributed by atoms with Gasteiger partial charge in [-0.25, -0.2) is 0 Å². The van der Waals surface area contributed by atoms with E-state index in [0.717, 1.165) is 32.1 Å². The van der Waals surface area contributed by atoms with E-state index in [0.29, 0.717) is 6.42 Å². The molecule has 1 N–H and O–H groups in total. The van der Waals surface area contributed by atoms with Crippen LogP contribution >= 0.6 is 0 Å². The summed E-state index contributed by atoms with van der Waals surface area (Å²) in [6.45, 7) is 4.51. The van der Waals surface area contributed by atoms with Crippen LogP contribution in [0.4, 0.5) is 0 Å². The number of aliphatic carboxylic acids is 1. The maximum atomic E-state index is 12.6. The number of carbonyl (C=O) groups excluding carboxylic acids is 1. The predicted octanol–water partition coefficient (Wildman–Crippen LogP) is 10.0. The molecule has 0 spiro atoms. The van der Waals surface area contributed by atoms with Crippen molar-refractivity contribution in [1.29, 1.82) is 0 Å². The van der Waals surface area contributed by atoms with Crippen LogP contribution in [0.2, 0.25) is 0 Å². The molecule has 0 aromatic rings. The zero-order valence-electron chi connectivity index (χ0n) is 22.5. The highest BCUT2D eigenvalue weighted by molar-refractivity contribution is 5.84. The first-order chi connectivity index (χ1) is 16.1. The van der Waals surface area contributed by atoms with Gasteiger partial charge in [0.15, 0.2) is 0 Å². The number of unbranched alkanes of at least 4 members (excludes halogenated alkanes) is 20. The lowest BCUT2D eigenvalue weighted by atomic mass is 9.90. The Balaban J connectivity index is 3.69. The highest BCUT2D eigenvalue weighted by Gasteiger charge is 2.20. The van der Waals surface area contributed by atoms with Crippen LogP contribution in [0, 0.1) is 5.92 Å². The summed E-state index contributed by atoms with van der Waals surface area (Å²) >= 11 is 0. The van der Waals surface area contributed by atoms with Crippen LogP contribution in [0.15, 0.2) is 0 Å². The third kappa shape index (κ3) is 24.1. The fourth-order valence-electron chi connectivity index (χ4n) is 4.81. The first kappa shape index (κ1) is 32.1. The van der Waals surface area contributed by atoms with E-state index in [2.05, 4.69) is 13.8 Å². The van der Waals surface area contributed by atoms with E-state index in [4.69, 9.17) is 0 Å². The molecule has 0 rings (SSSR count). The van der Waals surface area contributed by atoms with E-state index >= 15 is 0 Å². The second kappa shape index (κ2) is 25.8. The van der Waals surface area contributed by atoms with Crippen LogP contribution in [-0.2, 0) is 9.59 Å². The number of Topliss-reactive ketones (excluding diaryl/α,β-unsaturated/α-hetero) is 1. The van der Waals surface area contributed by atoms with Crippen LogP contribution in [0.3, 0.4) is 0 Å². The molecule has 0 aliphatic heterocycles. The molecule has 0 aromatic carbocycles. The summed E-state index contributed by atoms with van der Waals surface area (Å²) in [6, 6.07) is 0. The highest BCUT2D eigenvalue weighted by atomic mass is 16.4. The first-order valence-corrected chi connectivity index (χ1v) is 14.9. The van der Waals surface area contributed by atoms with Gasteiger partial charge in [0.2, 0.25) is 0 Å². The molecular weight excluding hydrogens is 408 g/mol. The van der Waals surface area contributed by atoms with Crippen LogP contribution in [0.1, 0.15) is 174 Å². The zero-order chi connectivity index (χ0) is 24.4. The SMILES string of the molecule is CCCCCCCCCCCCCCCC(=O)[C@H](CCCCCCCCCCC)CC(=O)O. The third-order valence-corrected chi connectivity index (χ3v) is 7.06. The van der Waals surface area contributed by atoms with Crippen molar-refractivity contribution in [1.82, 2.24) is 0 Å². The molecule has 0 saturated heterocycles. The Bertz CT molecular complexity index is 432. The van der Waals surface area contributed by atoms with Crippen molar-refractivity contribution in [3.05, 3.63) is 0 Å². The molecule has 0 heterocycles. The third-order valence-electron chi connectivity index (χ3n) is 7.06. The lowest BCUT2D eigenvalue weighted by molar-refractivity contribution is -0.140. The fraction of sp³-hybridized carbons (Fsp3) is 0.933. The van der Waals surface area contributed by atoms with Crippen molar-refractivity contribution in [2.45, 2.75) is 174 Å². The lowest BCUT2D eigenvalue weighted by Crippen LogP contribution is -2.18. The van der Waals surface area contributed by atoms with Gasteiger partial charge in [0.1, 0.15) is 5.78 Å². The number of hydrogen-bond acceptors (Lipinski definition) is 2. The van der Waals surface area contributed by atoms with Gasteiger partial charge in [-0.1, -0.05) is 149 Å². The van der Waals surface area contributed by atoms with Gasteiger partial charge in [-0.3, -0.25) is 9.59 Å². The van der Waals surface area contributed by atoms with E-state index in [1.165, 1.54) is 116 Å². The summed E-state index contributed by atoms with van der Waals surface area (Å²) in [5, 5.41) is 9.21. The minimum absolute atomic E-state index is 0.0221. The Hall–Kier alpha value is -0.860. The molecule has 0 unspecified atom stereocenters. The van der Waals surface area contributed by atoms with Crippen LogP contribution in [0.25, 0.3) is 0 Å². The van der Waals surface area contributed by atoms with Crippen molar-refractivity contribution in [3.8, 4) is 0 Å². The minimum Gasteiger partial charge on any atom is -0.481 e. The summed E-state index contributed by atoms with van der Waals surface area (Å²) in [4.78, 5) is 23.8.